The van der Waals surface area contributed by atoms with Gasteiger partial charge in [0.25, 0.3) is 11.6 Å². The monoisotopic (exact) mass is 336 g/mol. The van der Waals surface area contributed by atoms with E-state index in [1.807, 2.05) is 0 Å². The lowest BCUT2D eigenvalue weighted by Crippen LogP contribution is -2.11. The van der Waals surface area contributed by atoms with E-state index in [1.165, 1.54) is 18.2 Å². The summed E-state index contributed by atoms with van der Waals surface area (Å²) < 4.78 is 5.30. The average Bonchev–Trinajstić information content (AvgIpc) is 3.08. The van der Waals surface area contributed by atoms with Gasteiger partial charge < -0.3 is 4.42 Å². The van der Waals surface area contributed by atoms with E-state index in [1.54, 1.807) is 48.5 Å². The van der Waals surface area contributed by atoms with Crippen molar-refractivity contribution in [2.45, 2.75) is 0 Å². The maximum Gasteiger partial charge on any atom is 0.322 e. The maximum atomic E-state index is 12.0. The fraction of sp³-hybridized carbons (Fsp3) is 0. The predicted octanol–water partition coefficient (Wildman–Crippen LogP) is 3.40. The highest BCUT2D eigenvalue weighted by Gasteiger charge is 2.10. The third-order valence-electron chi connectivity index (χ3n) is 3.20. The summed E-state index contributed by atoms with van der Waals surface area (Å²) in [6.45, 7) is 0. The van der Waals surface area contributed by atoms with Gasteiger partial charge in [0.2, 0.25) is 5.89 Å². The van der Waals surface area contributed by atoms with E-state index in [4.69, 9.17) is 4.42 Å². The second-order valence-corrected chi connectivity index (χ2v) is 4.95. The van der Waals surface area contributed by atoms with Gasteiger partial charge >= 0.3 is 6.01 Å². The smallest absolute Gasteiger partial charge is 0.322 e. The summed E-state index contributed by atoms with van der Waals surface area (Å²) in [5.74, 6) is -0.201. The van der Waals surface area contributed by atoms with E-state index in [-0.39, 0.29) is 23.5 Å². The van der Waals surface area contributed by atoms with Gasteiger partial charge in [-0.25, -0.2) is 0 Å². The van der Waals surface area contributed by atoms with Crippen LogP contribution < -0.4 is 5.32 Å². The zero-order valence-electron chi connectivity index (χ0n) is 12.8. The van der Waals surface area contributed by atoms with Crippen LogP contribution in [0.1, 0.15) is 21.8 Å². The number of rotatable bonds is 5. The van der Waals surface area contributed by atoms with Crippen molar-refractivity contribution >= 4 is 29.8 Å². The molecule has 0 spiro atoms. The van der Waals surface area contributed by atoms with Crippen LogP contribution in [0.5, 0.6) is 0 Å². The van der Waals surface area contributed by atoms with Crippen molar-refractivity contribution in [3.63, 3.8) is 0 Å². The van der Waals surface area contributed by atoms with Gasteiger partial charge in [-0.05, 0) is 23.8 Å². The molecule has 124 valence electrons. The highest BCUT2D eigenvalue weighted by Crippen LogP contribution is 2.16. The Morgan fingerprint density at radius 2 is 1.88 bits per heavy atom. The number of hydrogen-bond donors (Lipinski definition) is 1. The van der Waals surface area contributed by atoms with Gasteiger partial charge in [0.15, 0.2) is 0 Å². The van der Waals surface area contributed by atoms with Crippen molar-refractivity contribution in [3.8, 4) is 0 Å². The molecule has 8 heteroatoms. The Hall–Kier alpha value is -3.81. The summed E-state index contributed by atoms with van der Waals surface area (Å²) in [4.78, 5) is 22.3. The molecule has 1 amide bonds. The standard InChI is InChI=1S/C17H12N4O4/c22-16(13-6-2-1-3-7-13)18-17-20-19-15(25-17)10-9-12-5-4-8-14(11-12)21(23)24/h1-11H,(H,18,20,22). The van der Waals surface area contributed by atoms with E-state index in [0.29, 0.717) is 11.1 Å². The topological polar surface area (TPSA) is 111 Å². The van der Waals surface area contributed by atoms with Gasteiger partial charge in [0.05, 0.1) is 4.92 Å². The molecule has 2 aromatic carbocycles. The number of nitro groups is 1. The zero-order chi connectivity index (χ0) is 17.6. The van der Waals surface area contributed by atoms with E-state index in [0.717, 1.165) is 0 Å². The summed E-state index contributed by atoms with van der Waals surface area (Å²) in [7, 11) is 0. The van der Waals surface area contributed by atoms with Gasteiger partial charge in [-0.15, -0.1) is 5.10 Å². The number of carbonyl (C=O) groups is 1. The lowest BCUT2D eigenvalue weighted by atomic mass is 10.2. The minimum Gasteiger partial charge on any atom is -0.404 e. The number of anilines is 1. The third kappa shape index (κ3) is 4.14. The maximum absolute atomic E-state index is 12.0. The molecule has 0 aliphatic carbocycles. The van der Waals surface area contributed by atoms with Gasteiger partial charge in [-0.1, -0.05) is 35.4 Å². The molecule has 0 atom stereocenters. The number of nitro benzene ring substituents is 1. The molecule has 0 bridgehead atoms. The molecule has 8 nitrogen and oxygen atoms in total. The van der Waals surface area contributed by atoms with Gasteiger partial charge in [-0.2, -0.15) is 0 Å². The van der Waals surface area contributed by atoms with E-state index < -0.39 is 4.92 Å². The first-order valence-corrected chi connectivity index (χ1v) is 7.24. The Morgan fingerprint density at radius 3 is 2.64 bits per heavy atom. The number of amides is 1. The number of carbonyl (C=O) groups excluding carboxylic acids is 1. The number of hydrogen-bond acceptors (Lipinski definition) is 6. The molecular formula is C17H12N4O4. The molecule has 3 rings (SSSR count). The predicted molar refractivity (Wildman–Crippen MR) is 90.7 cm³/mol. The van der Waals surface area contributed by atoms with Crippen LogP contribution in [0.3, 0.4) is 0 Å². The average molecular weight is 336 g/mol. The van der Waals surface area contributed by atoms with E-state index in [9.17, 15) is 14.9 Å². The Morgan fingerprint density at radius 1 is 1.08 bits per heavy atom. The molecule has 25 heavy (non-hydrogen) atoms. The van der Waals surface area contributed by atoms with Crippen molar-refractivity contribution < 1.29 is 14.1 Å². The van der Waals surface area contributed by atoms with Crippen LogP contribution in [0.15, 0.2) is 59.0 Å². The summed E-state index contributed by atoms with van der Waals surface area (Å²) in [5.41, 5.74) is 1.07. The molecular weight excluding hydrogens is 324 g/mol. The molecule has 1 aromatic heterocycles. The van der Waals surface area contributed by atoms with Crippen molar-refractivity contribution in [1.29, 1.82) is 0 Å². The first kappa shape index (κ1) is 16.1. The molecule has 0 fully saturated rings. The molecule has 0 aliphatic rings. The number of benzene rings is 2. The first-order valence-electron chi connectivity index (χ1n) is 7.24. The molecule has 0 aliphatic heterocycles. The third-order valence-corrected chi connectivity index (χ3v) is 3.20. The molecule has 0 radical (unpaired) electrons. The molecule has 0 saturated carbocycles. The quantitative estimate of drug-likeness (QED) is 0.564. The summed E-state index contributed by atoms with van der Waals surface area (Å²) in [6.07, 6.45) is 3.10. The minimum absolute atomic E-state index is 0.0107. The van der Waals surface area contributed by atoms with Crippen molar-refractivity contribution in [2.24, 2.45) is 0 Å². The van der Waals surface area contributed by atoms with Gasteiger partial charge in [0, 0.05) is 23.8 Å². The Kier molecular flexibility index (Phi) is 4.61. The molecule has 0 unspecified atom stereocenters. The van der Waals surface area contributed by atoms with E-state index >= 15 is 0 Å². The fourth-order valence-corrected chi connectivity index (χ4v) is 2.02. The summed E-state index contributed by atoms with van der Waals surface area (Å²) in [5, 5.41) is 20.8. The number of aromatic nitrogens is 2. The van der Waals surface area contributed by atoms with Crippen LogP contribution in [-0.4, -0.2) is 21.0 Å². The lowest BCUT2D eigenvalue weighted by molar-refractivity contribution is -0.384. The molecule has 0 saturated heterocycles. The zero-order valence-corrected chi connectivity index (χ0v) is 12.8. The molecule has 1 N–H and O–H groups in total. The number of nitrogens with one attached hydrogen (secondary N) is 1. The SMILES string of the molecule is O=C(Nc1nnc(C=Cc2cccc([N+](=O)[O-])c2)o1)c1ccccc1. The molecule has 1 heterocycles. The molecule has 3 aromatic rings. The lowest BCUT2D eigenvalue weighted by Gasteiger charge is -1.98. The number of non-ortho nitro benzene ring substituents is 1. The van der Waals surface area contributed by atoms with Crippen LogP contribution in [0.4, 0.5) is 11.7 Å². The second-order valence-electron chi connectivity index (χ2n) is 4.95. The Balaban J connectivity index is 1.68. The van der Waals surface area contributed by atoms with Gasteiger partial charge in [-0.3, -0.25) is 20.2 Å². The Labute approximate surface area is 142 Å². The minimum atomic E-state index is -0.471. The summed E-state index contributed by atoms with van der Waals surface area (Å²) in [6, 6.07) is 14.7. The van der Waals surface area contributed by atoms with Crippen LogP contribution in [0.2, 0.25) is 0 Å². The normalized spacial score (nSPS) is 10.7. The van der Waals surface area contributed by atoms with Crippen LogP contribution in [-0.2, 0) is 0 Å². The largest absolute Gasteiger partial charge is 0.404 e. The van der Waals surface area contributed by atoms with Crippen molar-refractivity contribution in [1.82, 2.24) is 10.2 Å². The first-order chi connectivity index (χ1) is 12.1. The van der Waals surface area contributed by atoms with Crippen LogP contribution in [0, 0.1) is 10.1 Å². The fourth-order valence-electron chi connectivity index (χ4n) is 2.02. The van der Waals surface area contributed by atoms with Crippen LogP contribution >= 0.6 is 0 Å². The summed E-state index contributed by atoms with van der Waals surface area (Å²) >= 11 is 0. The highest BCUT2D eigenvalue weighted by molar-refractivity contribution is 6.03. The number of nitrogens with zero attached hydrogens (tertiary/aromatic N) is 3. The van der Waals surface area contributed by atoms with E-state index in [2.05, 4.69) is 15.5 Å². The van der Waals surface area contributed by atoms with Gasteiger partial charge in [0.1, 0.15) is 0 Å². The highest BCUT2D eigenvalue weighted by atomic mass is 16.6. The van der Waals surface area contributed by atoms with Crippen molar-refractivity contribution in [3.05, 3.63) is 81.7 Å². The van der Waals surface area contributed by atoms with Crippen LogP contribution in [0.25, 0.3) is 12.2 Å². The Bertz CT molecular complexity index is 935. The second kappa shape index (κ2) is 7.18. The van der Waals surface area contributed by atoms with Crippen molar-refractivity contribution in [2.75, 3.05) is 5.32 Å².